The summed E-state index contributed by atoms with van der Waals surface area (Å²) in [6.07, 6.45) is -1.97. The molecule has 5 fully saturated rings. The molecule has 5 aliphatic rings. The van der Waals surface area contributed by atoms with Crippen molar-refractivity contribution in [3.8, 4) is 0 Å². The van der Waals surface area contributed by atoms with Gasteiger partial charge in [-0.1, -0.05) is 46.3 Å². The first-order chi connectivity index (χ1) is 20.8. The highest BCUT2D eigenvalue weighted by Crippen LogP contribution is 2.76. The van der Waals surface area contributed by atoms with Crippen LogP contribution in [0.15, 0.2) is 11.6 Å². The van der Waals surface area contributed by atoms with Crippen LogP contribution in [0.5, 0.6) is 0 Å². The summed E-state index contributed by atoms with van der Waals surface area (Å²) in [4.78, 5) is 0. The second kappa shape index (κ2) is 12.0. The summed E-state index contributed by atoms with van der Waals surface area (Å²) in [6.45, 7) is 16.5. The number of hydrogen-bond acceptors (Lipinski definition) is 8. The molecule has 8 nitrogen and oxygen atoms in total. The predicted molar refractivity (Wildman–Crippen MR) is 169 cm³/mol. The molecular weight excluding hydrogens is 579 g/mol. The van der Waals surface area contributed by atoms with Crippen LogP contribution in [0.2, 0.25) is 0 Å². The van der Waals surface area contributed by atoms with Crippen molar-refractivity contribution in [2.75, 3.05) is 6.61 Å². The zero-order valence-corrected chi connectivity index (χ0v) is 28.7. The minimum absolute atomic E-state index is 0.0899. The number of allylic oxidation sites excluding steroid dienone is 2. The van der Waals surface area contributed by atoms with E-state index < -0.39 is 66.7 Å². The van der Waals surface area contributed by atoms with Crippen LogP contribution < -0.4 is 0 Å². The van der Waals surface area contributed by atoms with Crippen molar-refractivity contribution >= 4 is 0 Å². The molecule has 0 aromatic rings. The topological polar surface area (TPSA) is 140 Å². The molecule has 1 aliphatic heterocycles. The fourth-order valence-electron chi connectivity index (χ4n) is 11.9. The predicted octanol–water partition coefficient (Wildman–Crippen LogP) is 4.27. The van der Waals surface area contributed by atoms with Crippen molar-refractivity contribution in [3.63, 3.8) is 0 Å². The molecule has 0 aromatic carbocycles. The lowest BCUT2D eigenvalue weighted by molar-refractivity contribution is -0.336. The Bertz CT molecular complexity index is 1110. The van der Waals surface area contributed by atoms with Gasteiger partial charge in [0.2, 0.25) is 0 Å². The van der Waals surface area contributed by atoms with Crippen LogP contribution in [0, 0.1) is 45.3 Å². The van der Waals surface area contributed by atoms with Crippen molar-refractivity contribution in [1.82, 2.24) is 0 Å². The first-order valence-electron chi connectivity index (χ1n) is 17.4. The first kappa shape index (κ1) is 35.7. The van der Waals surface area contributed by atoms with Gasteiger partial charge in [0.15, 0.2) is 6.29 Å². The monoisotopic (exact) mass is 640 g/mol. The van der Waals surface area contributed by atoms with Crippen LogP contribution in [0.4, 0.5) is 4.39 Å². The van der Waals surface area contributed by atoms with E-state index in [9.17, 15) is 30.6 Å². The second-order valence-electron chi connectivity index (χ2n) is 17.4. The van der Waals surface area contributed by atoms with Crippen molar-refractivity contribution in [3.05, 3.63) is 11.6 Å². The maximum absolute atomic E-state index is 15.6. The molecule has 45 heavy (non-hydrogen) atoms. The number of aliphatic hydroxyl groups excluding tert-OH is 6. The van der Waals surface area contributed by atoms with Gasteiger partial charge >= 0.3 is 0 Å². The number of alkyl halides is 1. The van der Waals surface area contributed by atoms with E-state index in [0.717, 1.165) is 25.7 Å². The van der Waals surface area contributed by atoms with Gasteiger partial charge < -0.3 is 40.1 Å². The van der Waals surface area contributed by atoms with E-state index in [1.54, 1.807) is 0 Å². The Morgan fingerprint density at radius 3 is 2.20 bits per heavy atom. The van der Waals surface area contributed by atoms with Crippen molar-refractivity contribution in [1.29, 1.82) is 0 Å². The van der Waals surface area contributed by atoms with Crippen molar-refractivity contribution < 1.29 is 44.5 Å². The molecule has 4 aliphatic carbocycles. The fourth-order valence-corrected chi connectivity index (χ4v) is 11.9. The number of ether oxygens (including phenoxy) is 2. The summed E-state index contributed by atoms with van der Waals surface area (Å²) < 4.78 is 28.1. The molecule has 4 unspecified atom stereocenters. The molecular formula is C36H61FO8. The molecule has 0 spiro atoms. The molecule has 0 amide bonds. The van der Waals surface area contributed by atoms with Gasteiger partial charge in [-0.05, 0) is 117 Å². The SMILES string of the molecule is CC(C)=CCC[C@](C)(O[C@@H]1O[C@H](CO)[C@@H](O)[C@H](O)[C@H]1O)C1CC[C@]2(C)C1[C@H](O)CC1[C@@]3(C)C[C@@H](F)[C@H](O)C(C)(C)C3CC[C@]12C. The molecule has 0 radical (unpaired) electrons. The summed E-state index contributed by atoms with van der Waals surface area (Å²) >= 11 is 0. The Morgan fingerprint density at radius 1 is 0.933 bits per heavy atom. The normalized spacial score (nSPS) is 52.2. The number of aliphatic hydroxyl groups is 6. The zero-order chi connectivity index (χ0) is 33.5. The van der Waals surface area contributed by atoms with Gasteiger partial charge in [0.05, 0.1) is 24.4 Å². The second-order valence-corrected chi connectivity index (χ2v) is 17.4. The van der Waals surface area contributed by atoms with Gasteiger partial charge in [-0.25, -0.2) is 4.39 Å². The van der Waals surface area contributed by atoms with E-state index in [1.165, 1.54) is 5.57 Å². The molecule has 9 heteroatoms. The molecule has 1 saturated heterocycles. The Labute approximate surface area is 269 Å². The Morgan fingerprint density at radius 2 is 1.58 bits per heavy atom. The molecule has 260 valence electrons. The maximum Gasteiger partial charge on any atom is 0.187 e. The van der Waals surface area contributed by atoms with E-state index in [0.29, 0.717) is 25.7 Å². The molecule has 1 heterocycles. The van der Waals surface area contributed by atoms with Gasteiger partial charge in [0.25, 0.3) is 0 Å². The molecule has 0 aromatic heterocycles. The lowest BCUT2D eigenvalue weighted by Crippen LogP contribution is -2.68. The van der Waals surface area contributed by atoms with Crippen LogP contribution in [-0.4, -0.2) is 91.9 Å². The summed E-state index contributed by atoms with van der Waals surface area (Å²) in [7, 11) is 0. The van der Waals surface area contributed by atoms with E-state index in [4.69, 9.17) is 9.47 Å². The highest BCUT2D eigenvalue weighted by molar-refractivity contribution is 5.21. The Hall–Kier alpha value is -0.650. The number of fused-ring (bicyclic) bond motifs is 5. The summed E-state index contributed by atoms with van der Waals surface area (Å²) in [5.41, 5.74) is -1.05. The van der Waals surface area contributed by atoms with Gasteiger partial charge in [0.1, 0.15) is 30.6 Å². The third kappa shape index (κ3) is 5.38. The average molecular weight is 641 g/mol. The third-order valence-corrected chi connectivity index (χ3v) is 14.5. The van der Waals surface area contributed by atoms with Gasteiger partial charge in [-0.15, -0.1) is 0 Å². The van der Waals surface area contributed by atoms with E-state index in [2.05, 4.69) is 26.8 Å². The molecule has 0 bridgehead atoms. The van der Waals surface area contributed by atoms with Crippen LogP contribution in [0.25, 0.3) is 0 Å². The summed E-state index contributed by atoms with van der Waals surface area (Å²) in [6, 6.07) is 0. The number of halogens is 1. The van der Waals surface area contributed by atoms with Crippen LogP contribution in [-0.2, 0) is 9.47 Å². The quantitative estimate of drug-likeness (QED) is 0.227. The number of rotatable bonds is 7. The Balaban J connectivity index is 1.50. The highest BCUT2D eigenvalue weighted by atomic mass is 19.1. The highest BCUT2D eigenvalue weighted by Gasteiger charge is 2.72. The van der Waals surface area contributed by atoms with Crippen molar-refractivity contribution in [2.45, 2.75) is 161 Å². The largest absolute Gasteiger partial charge is 0.394 e. The maximum atomic E-state index is 15.6. The van der Waals surface area contributed by atoms with Crippen LogP contribution in [0.3, 0.4) is 0 Å². The van der Waals surface area contributed by atoms with Gasteiger partial charge in [-0.3, -0.25) is 0 Å². The minimum atomic E-state index is -1.54. The van der Waals surface area contributed by atoms with Crippen molar-refractivity contribution in [2.24, 2.45) is 45.3 Å². The van der Waals surface area contributed by atoms with Gasteiger partial charge in [0, 0.05) is 0 Å². The average Bonchev–Trinajstić information content (AvgIpc) is 3.34. The molecule has 5 rings (SSSR count). The van der Waals surface area contributed by atoms with E-state index in [-0.39, 0.29) is 39.9 Å². The van der Waals surface area contributed by atoms with Crippen LogP contribution >= 0.6 is 0 Å². The minimum Gasteiger partial charge on any atom is -0.394 e. The summed E-state index contributed by atoms with van der Waals surface area (Å²) in [5.74, 6) is 0.0201. The molecule has 16 atom stereocenters. The van der Waals surface area contributed by atoms with E-state index in [1.807, 2.05) is 34.6 Å². The Kier molecular flexibility index (Phi) is 9.54. The zero-order valence-electron chi connectivity index (χ0n) is 28.7. The first-order valence-corrected chi connectivity index (χ1v) is 17.4. The molecule has 4 saturated carbocycles. The smallest absolute Gasteiger partial charge is 0.187 e. The standard InChI is InChI=1S/C36H61FO8/c1-19(2)10-9-13-36(8,45-31-29(42)28(41)27(40)23(18-38)44-31)20-11-14-35(7)26(20)22(39)16-25-33(5)17-21(37)30(43)32(3,4)24(33)12-15-34(25,35)6/h10,20-31,38-43H,9,11-18H2,1-8H3/t20?,21-,22-,23-,24?,25?,26?,27-,28+,29-,30+,31+,33+,34-,35-,36+/m1/s1. The van der Waals surface area contributed by atoms with E-state index >= 15 is 4.39 Å². The van der Waals surface area contributed by atoms with Crippen LogP contribution in [0.1, 0.15) is 107 Å². The molecule has 6 N–H and O–H groups in total. The number of hydrogen-bond donors (Lipinski definition) is 6. The lowest BCUT2D eigenvalue weighted by Gasteiger charge is -2.70. The van der Waals surface area contributed by atoms with Gasteiger partial charge in [-0.2, -0.15) is 0 Å². The summed E-state index contributed by atoms with van der Waals surface area (Å²) in [5, 5.41) is 64.8. The third-order valence-electron chi connectivity index (χ3n) is 14.5. The fraction of sp³-hybridized carbons (Fsp3) is 0.944. The lowest BCUT2D eigenvalue weighted by atomic mass is 9.35.